The maximum atomic E-state index is 12.3. The third-order valence-corrected chi connectivity index (χ3v) is 3.88. The average molecular weight is 276 g/mol. The van der Waals surface area contributed by atoms with Crippen molar-refractivity contribution in [2.24, 2.45) is 5.73 Å². The molecule has 0 saturated heterocycles. The third-order valence-electron chi connectivity index (χ3n) is 3.88. The Balaban J connectivity index is 2.07. The fourth-order valence-corrected chi connectivity index (χ4v) is 2.84. The van der Waals surface area contributed by atoms with Crippen molar-refractivity contribution in [1.29, 1.82) is 0 Å². The van der Waals surface area contributed by atoms with Crippen LogP contribution in [0.4, 0.5) is 0 Å². The molecule has 1 saturated carbocycles. The van der Waals surface area contributed by atoms with E-state index >= 15 is 0 Å². The van der Waals surface area contributed by atoms with Crippen LogP contribution in [0.5, 0.6) is 0 Å². The molecule has 1 atom stereocenters. The molecule has 5 heteroatoms. The lowest BCUT2D eigenvalue weighted by atomic mass is 9.92. The van der Waals surface area contributed by atoms with E-state index in [1.165, 1.54) is 0 Å². The summed E-state index contributed by atoms with van der Waals surface area (Å²) in [6.45, 7) is 0. The summed E-state index contributed by atoms with van der Waals surface area (Å²) in [6.07, 6.45) is 3.24. The number of aliphatic carboxylic acids is 1. The molecule has 0 radical (unpaired) electrons. The van der Waals surface area contributed by atoms with E-state index in [0.717, 1.165) is 18.4 Å². The van der Waals surface area contributed by atoms with Crippen LogP contribution in [0.15, 0.2) is 30.3 Å². The average Bonchev–Trinajstić information content (AvgIpc) is 2.86. The van der Waals surface area contributed by atoms with Crippen molar-refractivity contribution in [3.05, 3.63) is 35.9 Å². The number of carbonyl (C=O) groups is 2. The van der Waals surface area contributed by atoms with Gasteiger partial charge in [0.25, 0.3) is 0 Å². The molecule has 2 rings (SSSR count). The van der Waals surface area contributed by atoms with Gasteiger partial charge in [-0.25, -0.2) is 0 Å². The molecule has 20 heavy (non-hydrogen) atoms. The van der Waals surface area contributed by atoms with Gasteiger partial charge in [0.1, 0.15) is 6.04 Å². The molecule has 1 fully saturated rings. The van der Waals surface area contributed by atoms with E-state index in [9.17, 15) is 9.59 Å². The van der Waals surface area contributed by atoms with Gasteiger partial charge in [0.05, 0.1) is 12.0 Å². The van der Waals surface area contributed by atoms with Gasteiger partial charge in [0.15, 0.2) is 0 Å². The number of carboxylic acids is 1. The largest absolute Gasteiger partial charge is 0.481 e. The number of carboxylic acid groups (broad SMARTS) is 1. The van der Waals surface area contributed by atoms with E-state index in [1.807, 2.05) is 18.2 Å². The Morgan fingerprint density at radius 2 is 1.85 bits per heavy atom. The molecule has 0 aromatic heterocycles. The predicted octanol–water partition coefficient (Wildman–Crippen LogP) is 1.59. The number of nitrogens with two attached hydrogens (primary N) is 1. The van der Waals surface area contributed by atoms with Crippen molar-refractivity contribution in [2.45, 2.75) is 43.7 Å². The summed E-state index contributed by atoms with van der Waals surface area (Å²) in [7, 11) is 0. The van der Waals surface area contributed by atoms with Crippen LogP contribution in [-0.4, -0.2) is 22.5 Å². The van der Waals surface area contributed by atoms with Gasteiger partial charge in [-0.2, -0.15) is 0 Å². The minimum absolute atomic E-state index is 0.0414. The summed E-state index contributed by atoms with van der Waals surface area (Å²) in [5, 5.41) is 11.9. The number of nitrogens with one attached hydrogen (secondary N) is 1. The smallest absolute Gasteiger partial charge is 0.305 e. The Morgan fingerprint density at radius 1 is 1.25 bits per heavy atom. The maximum absolute atomic E-state index is 12.3. The summed E-state index contributed by atoms with van der Waals surface area (Å²) >= 11 is 0. The standard InChI is InChI=1S/C15H20N2O3/c16-13(11-6-2-1-3-7-11)14(20)17-15(10-12(18)19)8-4-5-9-15/h1-3,6-7,13H,4-5,8-10,16H2,(H,17,20)(H,18,19). The zero-order valence-corrected chi connectivity index (χ0v) is 11.3. The second-order valence-corrected chi connectivity index (χ2v) is 5.44. The van der Waals surface area contributed by atoms with Crippen LogP contribution in [0.25, 0.3) is 0 Å². The maximum Gasteiger partial charge on any atom is 0.305 e. The lowest BCUT2D eigenvalue weighted by Gasteiger charge is -2.30. The highest BCUT2D eigenvalue weighted by atomic mass is 16.4. The Labute approximate surface area is 118 Å². The molecule has 1 aliphatic carbocycles. The van der Waals surface area contributed by atoms with E-state index < -0.39 is 17.6 Å². The SMILES string of the molecule is NC(C(=O)NC1(CC(=O)O)CCCC1)c1ccccc1. The highest BCUT2D eigenvalue weighted by molar-refractivity contribution is 5.84. The number of hydrogen-bond acceptors (Lipinski definition) is 3. The Kier molecular flexibility index (Phi) is 4.39. The van der Waals surface area contributed by atoms with Crippen molar-refractivity contribution in [2.75, 3.05) is 0 Å². The first-order chi connectivity index (χ1) is 9.52. The number of hydrogen-bond donors (Lipinski definition) is 3. The minimum Gasteiger partial charge on any atom is -0.481 e. The molecule has 0 aliphatic heterocycles. The Bertz CT molecular complexity index is 481. The van der Waals surface area contributed by atoms with Gasteiger partial charge in [-0.05, 0) is 18.4 Å². The first-order valence-electron chi connectivity index (χ1n) is 6.87. The monoisotopic (exact) mass is 276 g/mol. The summed E-state index contributed by atoms with van der Waals surface area (Å²) in [6, 6.07) is 8.33. The quantitative estimate of drug-likeness (QED) is 0.761. The molecule has 1 aromatic carbocycles. The Morgan fingerprint density at radius 3 is 2.40 bits per heavy atom. The molecular weight excluding hydrogens is 256 g/mol. The zero-order chi connectivity index (χ0) is 14.6. The van der Waals surface area contributed by atoms with E-state index in [2.05, 4.69) is 5.32 Å². The molecule has 0 heterocycles. The molecule has 1 aliphatic rings. The number of rotatable bonds is 5. The van der Waals surface area contributed by atoms with Crippen molar-refractivity contribution in [1.82, 2.24) is 5.32 Å². The van der Waals surface area contributed by atoms with Gasteiger partial charge in [0.2, 0.25) is 5.91 Å². The van der Waals surface area contributed by atoms with Crippen LogP contribution in [0, 0.1) is 0 Å². The van der Waals surface area contributed by atoms with E-state index in [4.69, 9.17) is 10.8 Å². The summed E-state index contributed by atoms with van der Waals surface area (Å²) in [4.78, 5) is 23.3. The minimum atomic E-state index is -0.888. The lowest BCUT2D eigenvalue weighted by Crippen LogP contribution is -2.50. The molecule has 1 unspecified atom stereocenters. The molecule has 1 aromatic rings. The van der Waals surface area contributed by atoms with Crippen LogP contribution in [0.1, 0.15) is 43.7 Å². The molecule has 1 amide bonds. The highest BCUT2D eigenvalue weighted by Gasteiger charge is 2.38. The number of benzene rings is 1. The van der Waals surface area contributed by atoms with Crippen molar-refractivity contribution >= 4 is 11.9 Å². The Hall–Kier alpha value is -1.88. The van der Waals surface area contributed by atoms with Gasteiger partial charge < -0.3 is 16.2 Å². The van der Waals surface area contributed by atoms with Gasteiger partial charge in [-0.3, -0.25) is 9.59 Å². The lowest BCUT2D eigenvalue weighted by molar-refractivity contribution is -0.139. The zero-order valence-electron chi connectivity index (χ0n) is 11.3. The molecular formula is C15H20N2O3. The van der Waals surface area contributed by atoms with Gasteiger partial charge in [-0.15, -0.1) is 0 Å². The van der Waals surface area contributed by atoms with Crippen LogP contribution in [0.2, 0.25) is 0 Å². The second-order valence-electron chi connectivity index (χ2n) is 5.44. The normalized spacial score (nSPS) is 18.4. The second kappa shape index (κ2) is 6.05. The number of carbonyl (C=O) groups excluding carboxylic acids is 1. The van der Waals surface area contributed by atoms with Crippen molar-refractivity contribution in [3.8, 4) is 0 Å². The topological polar surface area (TPSA) is 92.4 Å². The molecule has 108 valence electrons. The first-order valence-corrected chi connectivity index (χ1v) is 6.87. The molecule has 4 N–H and O–H groups in total. The van der Waals surface area contributed by atoms with Crippen LogP contribution in [0.3, 0.4) is 0 Å². The van der Waals surface area contributed by atoms with Gasteiger partial charge in [0, 0.05) is 0 Å². The summed E-state index contributed by atoms with van der Waals surface area (Å²) < 4.78 is 0. The van der Waals surface area contributed by atoms with Crippen LogP contribution < -0.4 is 11.1 Å². The summed E-state index contributed by atoms with van der Waals surface area (Å²) in [5.74, 6) is -1.19. The van der Waals surface area contributed by atoms with E-state index in [-0.39, 0.29) is 12.3 Å². The van der Waals surface area contributed by atoms with Crippen LogP contribution in [-0.2, 0) is 9.59 Å². The fourth-order valence-electron chi connectivity index (χ4n) is 2.84. The van der Waals surface area contributed by atoms with Crippen LogP contribution >= 0.6 is 0 Å². The van der Waals surface area contributed by atoms with Crippen molar-refractivity contribution < 1.29 is 14.7 Å². The molecule has 0 spiro atoms. The molecule has 0 bridgehead atoms. The van der Waals surface area contributed by atoms with Gasteiger partial charge >= 0.3 is 5.97 Å². The number of amides is 1. The summed E-state index contributed by atoms with van der Waals surface area (Å²) in [5.41, 5.74) is 6.05. The fraction of sp³-hybridized carbons (Fsp3) is 0.467. The predicted molar refractivity (Wildman–Crippen MR) is 75.0 cm³/mol. The first kappa shape index (κ1) is 14.5. The highest BCUT2D eigenvalue weighted by Crippen LogP contribution is 2.33. The van der Waals surface area contributed by atoms with E-state index in [1.54, 1.807) is 12.1 Å². The van der Waals surface area contributed by atoms with Crippen molar-refractivity contribution in [3.63, 3.8) is 0 Å². The third kappa shape index (κ3) is 3.36. The van der Waals surface area contributed by atoms with Gasteiger partial charge in [-0.1, -0.05) is 43.2 Å². The molecule has 5 nitrogen and oxygen atoms in total. The van der Waals surface area contributed by atoms with E-state index in [0.29, 0.717) is 12.8 Å².